The van der Waals surface area contributed by atoms with Crippen LogP contribution < -0.4 is 0 Å². The first kappa shape index (κ1) is 18.8. The number of unbranched alkanes of at least 4 members (excludes halogenated alkanes) is 1. The Morgan fingerprint density at radius 2 is 1.86 bits per heavy atom. The third-order valence-corrected chi connectivity index (χ3v) is 4.66. The second kappa shape index (κ2) is 9.04. The fraction of sp³-hybridized carbons (Fsp3) is 0.923. The summed E-state index contributed by atoms with van der Waals surface area (Å²) in [7, 11) is 0. The molecule has 1 rings (SSSR count). The van der Waals surface area contributed by atoms with Gasteiger partial charge in [-0.05, 0) is 25.5 Å². The number of hydrogen-bond acceptors (Lipinski definition) is 8. The van der Waals surface area contributed by atoms with E-state index in [1.165, 1.54) is 18.7 Å². The standard InChI is InChI=1S/C13H24O7S/c1-7(15)8(16)4-2-3-5-21-13-12(19)11(18)10(17)9(6-14)20-13/h7,9-15,17-19H,2-6H2,1H3/t7-,9?,10?,11?,12?,13?/m0/s1. The molecule has 0 amide bonds. The average Bonchev–Trinajstić information content (AvgIpc) is 2.46. The molecule has 0 radical (unpaired) electrons. The van der Waals surface area contributed by atoms with Gasteiger partial charge in [0.15, 0.2) is 5.78 Å². The van der Waals surface area contributed by atoms with E-state index in [2.05, 4.69) is 0 Å². The van der Waals surface area contributed by atoms with Gasteiger partial charge >= 0.3 is 0 Å². The molecule has 21 heavy (non-hydrogen) atoms. The van der Waals surface area contributed by atoms with Crippen molar-refractivity contribution < 1.29 is 35.1 Å². The summed E-state index contributed by atoms with van der Waals surface area (Å²) in [5.41, 5.74) is -0.729. The number of ketones is 1. The Hall–Kier alpha value is -0.220. The van der Waals surface area contributed by atoms with E-state index in [0.717, 1.165) is 0 Å². The molecule has 1 aliphatic rings. The predicted molar refractivity (Wildman–Crippen MR) is 76.8 cm³/mol. The molecule has 0 saturated carbocycles. The molecule has 0 aliphatic carbocycles. The molecule has 5 unspecified atom stereocenters. The molecule has 0 aromatic heterocycles. The number of aliphatic hydroxyl groups excluding tert-OH is 5. The highest BCUT2D eigenvalue weighted by atomic mass is 32.2. The Kier molecular flexibility index (Phi) is 8.10. The molecule has 0 bridgehead atoms. The molecule has 8 heteroatoms. The number of Topliss-reactive ketones (excluding diaryl/α,β-unsaturated/α-hetero) is 1. The van der Waals surface area contributed by atoms with Gasteiger partial charge in [0, 0.05) is 6.42 Å². The van der Waals surface area contributed by atoms with Crippen molar-refractivity contribution in [2.75, 3.05) is 12.4 Å². The van der Waals surface area contributed by atoms with E-state index in [0.29, 0.717) is 25.0 Å². The van der Waals surface area contributed by atoms with Crippen LogP contribution in [0.1, 0.15) is 26.2 Å². The predicted octanol–water partition coefficient (Wildman–Crippen LogP) is -1.36. The van der Waals surface area contributed by atoms with E-state index in [-0.39, 0.29) is 5.78 Å². The van der Waals surface area contributed by atoms with Crippen molar-refractivity contribution in [3.63, 3.8) is 0 Å². The topological polar surface area (TPSA) is 127 Å². The summed E-state index contributed by atoms with van der Waals surface area (Å²) in [6.45, 7) is 0.996. The van der Waals surface area contributed by atoms with Gasteiger partial charge in [-0.2, -0.15) is 0 Å². The molecule has 5 N–H and O–H groups in total. The van der Waals surface area contributed by atoms with Crippen molar-refractivity contribution in [3.05, 3.63) is 0 Å². The zero-order valence-electron chi connectivity index (χ0n) is 12.0. The van der Waals surface area contributed by atoms with Gasteiger partial charge in [0.25, 0.3) is 0 Å². The van der Waals surface area contributed by atoms with E-state index >= 15 is 0 Å². The summed E-state index contributed by atoms with van der Waals surface area (Å²) in [4.78, 5) is 11.2. The van der Waals surface area contributed by atoms with Crippen LogP contribution in [-0.4, -0.2) is 79.6 Å². The molecule has 7 nitrogen and oxygen atoms in total. The molecule has 1 aliphatic heterocycles. The zero-order chi connectivity index (χ0) is 16.0. The first-order valence-electron chi connectivity index (χ1n) is 7.01. The molecule has 124 valence electrons. The van der Waals surface area contributed by atoms with Gasteiger partial charge in [0.2, 0.25) is 0 Å². The molecule has 1 heterocycles. The summed E-state index contributed by atoms with van der Waals surface area (Å²) < 4.78 is 5.34. The lowest BCUT2D eigenvalue weighted by molar-refractivity contribution is -0.205. The number of carbonyl (C=O) groups excluding carboxylic acids is 1. The lowest BCUT2D eigenvalue weighted by Gasteiger charge is -2.39. The summed E-state index contributed by atoms with van der Waals surface area (Å²) >= 11 is 1.26. The highest BCUT2D eigenvalue weighted by Crippen LogP contribution is 2.29. The minimum absolute atomic E-state index is 0.201. The quantitative estimate of drug-likeness (QED) is 0.346. The second-order valence-electron chi connectivity index (χ2n) is 5.17. The van der Waals surface area contributed by atoms with Crippen LogP contribution >= 0.6 is 11.8 Å². The van der Waals surface area contributed by atoms with Crippen molar-refractivity contribution in [1.82, 2.24) is 0 Å². The van der Waals surface area contributed by atoms with E-state index in [1.807, 2.05) is 0 Å². The van der Waals surface area contributed by atoms with Crippen LogP contribution in [0.25, 0.3) is 0 Å². The van der Waals surface area contributed by atoms with Crippen molar-refractivity contribution in [2.24, 2.45) is 0 Å². The largest absolute Gasteiger partial charge is 0.394 e. The van der Waals surface area contributed by atoms with Gasteiger partial charge in [-0.3, -0.25) is 4.79 Å². The molecular weight excluding hydrogens is 300 g/mol. The second-order valence-corrected chi connectivity index (χ2v) is 6.37. The Bertz CT molecular complexity index is 324. The lowest BCUT2D eigenvalue weighted by atomic mass is 10.0. The normalized spacial score (nSPS) is 34.7. The smallest absolute Gasteiger partial charge is 0.160 e. The first-order valence-corrected chi connectivity index (χ1v) is 8.06. The molecule has 0 aromatic rings. The van der Waals surface area contributed by atoms with Gasteiger partial charge in [-0.1, -0.05) is 0 Å². The number of aliphatic hydroxyl groups is 5. The van der Waals surface area contributed by atoms with Crippen LogP contribution in [0.5, 0.6) is 0 Å². The highest BCUT2D eigenvalue weighted by molar-refractivity contribution is 7.99. The summed E-state index contributed by atoms with van der Waals surface area (Å²) in [6.07, 6.45) is -4.15. The number of ether oxygens (including phenoxy) is 1. The van der Waals surface area contributed by atoms with Crippen LogP contribution in [0, 0.1) is 0 Å². The van der Waals surface area contributed by atoms with E-state index in [4.69, 9.17) is 14.9 Å². The summed E-state index contributed by atoms with van der Waals surface area (Å²) in [5.74, 6) is 0.392. The SMILES string of the molecule is C[C@H](O)C(=O)CCCCSC1OC(CO)C(O)C(O)C1O. The highest BCUT2D eigenvalue weighted by Gasteiger charge is 2.43. The van der Waals surface area contributed by atoms with Crippen LogP contribution in [0.3, 0.4) is 0 Å². The van der Waals surface area contributed by atoms with Gasteiger partial charge < -0.3 is 30.3 Å². The molecule has 1 fully saturated rings. The van der Waals surface area contributed by atoms with E-state index in [9.17, 15) is 20.1 Å². The van der Waals surface area contributed by atoms with Gasteiger partial charge in [0.05, 0.1) is 6.61 Å². The number of hydrogen-bond donors (Lipinski definition) is 5. The Labute approximate surface area is 127 Å². The van der Waals surface area contributed by atoms with Crippen molar-refractivity contribution in [1.29, 1.82) is 0 Å². The lowest BCUT2D eigenvalue weighted by Crippen LogP contribution is -2.57. The van der Waals surface area contributed by atoms with Crippen molar-refractivity contribution >= 4 is 17.5 Å². The molecule has 6 atom stereocenters. The number of thioether (sulfide) groups is 1. The van der Waals surface area contributed by atoms with E-state index < -0.39 is 42.6 Å². The zero-order valence-corrected chi connectivity index (χ0v) is 12.8. The maximum absolute atomic E-state index is 11.2. The molecule has 0 aromatic carbocycles. The molecule has 1 saturated heterocycles. The van der Waals surface area contributed by atoms with Gasteiger partial charge in [0.1, 0.15) is 36.0 Å². The third kappa shape index (κ3) is 5.48. The summed E-state index contributed by atoms with van der Waals surface area (Å²) in [5, 5.41) is 47.2. The fourth-order valence-corrected chi connectivity index (χ4v) is 3.20. The Morgan fingerprint density at radius 1 is 1.19 bits per heavy atom. The van der Waals surface area contributed by atoms with Crippen LogP contribution in [0.15, 0.2) is 0 Å². The monoisotopic (exact) mass is 324 g/mol. The minimum Gasteiger partial charge on any atom is -0.394 e. The third-order valence-electron chi connectivity index (χ3n) is 3.41. The summed E-state index contributed by atoms with van der Waals surface area (Å²) in [6, 6.07) is 0. The van der Waals surface area contributed by atoms with Crippen molar-refractivity contribution in [3.8, 4) is 0 Å². The van der Waals surface area contributed by atoms with Crippen LogP contribution in [-0.2, 0) is 9.53 Å². The maximum Gasteiger partial charge on any atom is 0.160 e. The van der Waals surface area contributed by atoms with Crippen molar-refractivity contribution in [2.45, 2.75) is 62.1 Å². The average molecular weight is 324 g/mol. The van der Waals surface area contributed by atoms with Gasteiger partial charge in [-0.25, -0.2) is 0 Å². The molecular formula is C13H24O7S. The maximum atomic E-state index is 11.2. The number of rotatable bonds is 8. The van der Waals surface area contributed by atoms with Gasteiger partial charge in [-0.15, -0.1) is 11.8 Å². The van der Waals surface area contributed by atoms with E-state index in [1.54, 1.807) is 0 Å². The minimum atomic E-state index is -1.36. The van der Waals surface area contributed by atoms with Crippen LogP contribution in [0.2, 0.25) is 0 Å². The fourth-order valence-electron chi connectivity index (χ4n) is 2.01. The Balaban J connectivity index is 2.29. The Morgan fingerprint density at radius 3 is 2.43 bits per heavy atom. The first-order chi connectivity index (χ1) is 9.88. The molecule has 0 spiro atoms. The number of carbonyl (C=O) groups is 1. The van der Waals surface area contributed by atoms with Crippen LogP contribution in [0.4, 0.5) is 0 Å².